The number of aromatic carboxylic acids is 1. The Kier molecular flexibility index (Phi) is 6.28. The molecule has 2 amide bonds. The number of amides is 2. The molecule has 0 bridgehead atoms. The van der Waals surface area contributed by atoms with Crippen molar-refractivity contribution in [3.63, 3.8) is 0 Å². The number of carbonyl (C=O) groups is 3. The van der Waals surface area contributed by atoms with E-state index >= 15 is 0 Å². The quantitative estimate of drug-likeness (QED) is 0.677. The number of aryl methyl sites for hydroxylation is 1. The first-order chi connectivity index (χ1) is 12.0. The Labute approximate surface area is 145 Å². The van der Waals surface area contributed by atoms with Gasteiger partial charge in [-0.3, -0.25) is 9.59 Å². The molecule has 0 spiro atoms. The lowest BCUT2D eigenvalue weighted by Crippen LogP contribution is -2.45. The Balaban J connectivity index is 1.92. The van der Waals surface area contributed by atoms with Crippen LogP contribution in [0, 0.1) is 0 Å². The van der Waals surface area contributed by atoms with Gasteiger partial charge in [0.1, 0.15) is 6.04 Å². The Bertz CT molecular complexity index is 742. The van der Waals surface area contributed by atoms with E-state index in [9.17, 15) is 14.4 Å². The molecule has 130 valence electrons. The molecular weight excluding hydrogens is 320 g/mol. The number of hydrogen-bond donors (Lipinski definition) is 3. The molecule has 0 saturated heterocycles. The van der Waals surface area contributed by atoms with Crippen molar-refractivity contribution < 1.29 is 19.5 Å². The third-order valence-electron chi connectivity index (χ3n) is 3.80. The summed E-state index contributed by atoms with van der Waals surface area (Å²) in [5.41, 5.74) is 7.29. The third-order valence-corrected chi connectivity index (χ3v) is 3.80. The van der Waals surface area contributed by atoms with Crippen LogP contribution >= 0.6 is 0 Å². The molecule has 6 nitrogen and oxygen atoms in total. The van der Waals surface area contributed by atoms with E-state index in [1.165, 1.54) is 12.1 Å². The second-order valence-corrected chi connectivity index (χ2v) is 5.71. The number of carbonyl (C=O) groups excluding carboxylic acids is 2. The zero-order valence-electron chi connectivity index (χ0n) is 13.6. The van der Waals surface area contributed by atoms with Gasteiger partial charge < -0.3 is 16.2 Å². The van der Waals surface area contributed by atoms with Crippen molar-refractivity contribution in [3.05, 3.63) is 71.3 Å². The smallest absolute Gasteiger partial charge is 0.335 e. The first-order valence-corrected chi connectivity index (χ1v) is 7.90. The van der Waals surface area contributed by atoms with Gasteiger partial charge in [-0.1, -0.05) is 42.5 Å². The van der Waals surface area contributed by atoms with Crippen molar-refractivity contribution in [1.29, 1.82) is 0 Å². The molecule has 0 fully saturated rings. The summed E-state index contributed by atoms with van der Waals surface area (Å²) in [5.74, 6) is -1.91. The standard InChI is InChI=1S/C19H20N2O4/c20-18(23)16(12-14-6-9-15(10-7-14)19(24)25)21-17(22)11-8-13-4-2-1-3-5-13/h1-7,9-10,16H,8,11-12H2,(H2,20,23)(H,21,22)(H,24,25)/t16-/m1/s1. The van der Waals surface area contributed by atoms with Gasteiger partial charge in [-0.15, -0.1) is 0 Å². The van der Waals surface area contributed by atoms with Crippen LogP contribution in [-0.2, 0) is 22.4 Å². The summed E-state index contributed by atoms with van der Waals surface area (Å²) in [6.45, 7) is 0. The summed E-state index contributed by atoms with van der Waals surface area (Å²) in [6, 6.07) is 14.9. The first kappa shape index (κ1) is 18.2. The number of carboxylic acids is 1. The number of primary amides is 1. The van der Waals surface area contributed by atoms with Gasteiger partial charge in [0.05, 0.1) is 5.56 Å². The van der Waals surface area contributed by atoms with Crippen LogP contribution in [-0.4, -0.2) is 28.9 Å². The number of carboxylic acid groups (broad SMARTS) is 1. The highest BCUT2D eigenvalue weighted by Gasteiger charge is 2.18. The average molecular weight is 340 g/mol. The van der Waals surface area contributed by atoms with Crippen LogP contribution in [0.2, 0.25) is 0 Å². The number of hydrogen-bond acceptors (Lipinski definition) is 3. The van der Waals surface area contributed by atoms with Gasteiger partial charge in [0.15, 0.2) is 0 Å². The van der Waals surface area contributed by atoms with Crippen molar-refractivity contribution in [2.24, 2.45) is 5.73 Å². The topological polar surface area (TPSA) is 109 Å². The summed E-state index contributed by atoms with van der Waals surface area (Å²) >= 11 is 0. The summed E-state index contributed by atoms with van der Waals surface area (Å²) in [4.78, 5) is 34.5. The Morgan fingerprint density at radius 1 is 0.960 bits per heavy atom. The normalized spacial score (nSPS) is 11.5. The largest absolute Gasteiger partial charge is 0.478 e. The zero-order chi connectivity index (χ0) is 18.2. The molecule has 0 radical (unpaired) electrons. The van der Waals surface area contributed by atoms with E-state index < -0.39 is 17.9 Å². The molecule has 0 aliphatic carbocycles. The summed E-state index contributed by atoms with van der Waals surface area (Å²) in [5, 5.41) is 11.5. The molecule has 2 rings (SSSR count). The van der Waals surface area contributed by atoms with Crippen molar-refractivity contribution >= 4 is 17.8 Å². The van der Waals surface area contributed by atoms with Gasteiger partial charge in [-0.25, -0.2) is 4.79 Å². The highest BCUT2D eigenvalue weighted by Crippen LogP contribution is 2.08. The fourth-order valence-corrected chi connectivity index (χ4v) is 2.41. The monoisotopic (exact) mass is 340 g/mol. The van der Waals surface area contributed by atoms with Crippen LogP contribution in [0.4, 0.5) is 0 Å². The summed E-state index contributed by atoms with van der Waals surface area (Å²) < 4.78 is 0. The van der Waals surface area contributed by atoms with Crippen molar-refractivity contribution in [3.8, 4) is 0 Å². The lowest BCUT2D eigenvalue weighted by Gasteiger charge is -2.16. The molecule has 0 saturated carbocycles. The number of nitrogens with two attached hydrogens (primary N) is 1. The Morgan fingerprint density at radius 3 is 2.16 bits per heavy atom. The van der Waals surface area contributed by atoms with Crippen molar-refractivity contribution in [2.45, 2.75) is 25.3 Å². The molecule has 25 heavy (non-hydrogen) atoms. The lowest BCUT2D eigenvalue weighted by atomic mass is 10.0. The van der Waals surface area contributed by atoms with E-state index in [1.807, 2.05) is 30.3 Å². The predicted molar refractivity (Wildman–Crippen MR) is 93.0 cm³/mol. The maximum absolute atomic E-state index is 12.1. The van der Waals surface area contributed by atoms with Crippen molar-refractivity contribution in [1.82, 2.24) is 5.32 Å². The minimum atomic E-state index is -1.02. The number of rotatable bonds is 8. The van der Waals surface area contributed by atoms with E-state index in [1.54, 1.807) is 12.1 Å². The Morgan fingerprint density at radius 2 is 1.60 bits per heavy atom. The second kappa shape index (κ2) is 8.63. The van der Waals surface area contributed by atoms with Crippen molar-refractivity contribution in [2.75, 3.05) is 0 Å². The number of benzene rings is 2. The van der Waals surface area contributed by atoms with Crippen LogP contribution in [0.5, 0.6) is 0 Å². The SMILES string of the molecule is NC(=O)[C@@H](Cc1ccc(C(=O)O)cc1)NC(=O)CCc1ccccc1. The van der Waals surface area contributed by atoms with Crippen LogP contribution < -0.4 is 11.1 Å². The van der Waals surface area contributed by atoms with E-state index in [2.05, 4.69) is 5.32 Å². The summed E-state index contributed by atoms with van der Waals surface area (Å²) in [7, 11) is 0. The van der Waals surface area contributed by atoms with E-state index in [-0.39, 0.29) is 24.3 Å². The predicted octanol–water partition coefficient (Wildman–Crippen LogP) is 1.53. The second-order valence-electron chi connectivity index (χ2n) is 5.71. The fourth-order valence-electron chi connectivity index (χ4n) is 2.41. The molecule has 4 N–H and O–H groups in total. The number of nitrogens with one attached hydrogen (secondary N) is 1. The summed E-state index contributed by atoms with van der Waals surface area (Å²) in [6.07, 6.45) is 1.05. The van der Waals surface area contributed by atoms with Gasteiger partial charge in [-0.2, -0.15) is 0 Å². The molecule has 0 aliphatic heterocycles. The van der Waals surface area contributed by atoms with Gasteiger partial charge in [0, 0.05) is 12.8 Å². The molecule has 1 atom stereocenters. The molecular formula is C19H20N2O4. The minimum Gasteiger partial charge on any atom is -0.478 e. The molecule has 2 aromatic rings. The van der Waals surface area contributed by atoms with Crippen LogP contribution in [0.15, 0.2) is 54.6 Å². The third kappa shape index (κ3) is 5.76. The van der Waals surface area contributed by atoms with Crippen LogP contribution in [0.1, 0.15) is 27.9 Å². The van der Waals surface area contributed by atoms with Gasteiger partial charge >= 0.3 is 5.97 Å². The van der Waals surface area contributed by atoms with Gasteiger partial charge in [-0.05, 0) is 29.7 Å². The molecule has 2 aromatic carbocycles. The first-order valence-electron chi connectivity index (χ1n) is 7.90. The minimum absolute atomic E-state index is 0.159. The van der Waals surface area contributed by atoms with Gasteiger partial charge in [0.2, 0.25) is 11.8 Å². The fraction of sp³-hybridized carbons (Fsp3) is 0.211. The maximum atomic E-state index is 12.1. The lowest BCUT2D eigenvalue weighted by molar-refractivity contribution is -0.127. The molecule has 0 unspecified atom stereocenters. The van der Waals surface area contributed by atoms with E-state index in [0.717, 1.165) is 11.1 Å². The van der Waals surface area contributed by atoms with E-state index in [4.69, 9.17) is 10.8 Å². The van der Waals surface area contributed by atoms with Crippen LogP contribution in [0.3, 0.4) is 0 Å². The molecule has 0 aromatic heterocycles. The maximum Gasteiger partial charge on any atom is 0.335 e. The molecule has 0 heterocycles. The van der Waals surface area contributed by atoms with Crippen LogP contribution in [0.25, 0.3) is 0 Å². The zero-order valence-corrected chi connectivity index (χ0v) is 13.6. The highest BCUT2D eigenvalue weighted by molar-refractivity contribution is 5.88. The average Bonchev–Trinajstić information content (AvgIpc) is 2.60. The molecule has 0 aliphatic rings. The Hall–Kier alpha value is -3.15. The van der Waals surface area contributed by atoms with Gasteiger partial charge in [0.25, 0.3) is 0 Å². The highest BCUT2D eigenvalue weighted by atomic mass is 16.4. The molecule has 6 heteroatoms. The van der Waals surface area contributed by atoms with E-state index in [0.29, 0.717) is 6.42 Å².